The molecule has 0 N–H and O–H groups in total. The maximum atomic E-state index is 12.6. The summed E-state index contributed by atoms with van der Waals surface area (Å²) in [7, 11) is 2.79. The predicted octanol–water partition coefficient (Wildman–Crippen LogP) is 5.80. The monoisotopic (exact) mass is 702 g/mol. The van der Waals surface area contributed by atoms with Crippen LogP contribution in [0.3, 0.4) is 0 Å². The van der Waals surface area contributed by atoms with Gasteiger partial charge in [-0.05, 0) is 61.4 Å². The van der Waals surface area contributed by atoms with Gasteiger partial charge in [0.1, 0.15) is 28.1 Å². The SMILES string of the molecule is COC(=O)[C@@]12C=CC(=O)C[C@@H]1CCOc1cc(Br)ccc12.COC(=O)[C@@]12CCC(=O)C[C@@H]1CCOc1cc(Br)ccc12. The van der Waals surface area contributed by atoms with Gasteiger partial charge in [0, 0.05) is 39.3 Å². The molecule has 2 aliphatic heterocycles. The molecule has 8 nitrogen and oxygen atoms in total. The normalized spacial score (nSPS) is 27.5. The van der Waals surface area contributed by atoms with Crippen LogP contribution in [0.15, 0.2) is 57.5 Å². The van der Waals surface area contributed by atoms with E-state index >= 15 is 0 Å². The first-order valence-electron chi connectivity index (χ1n) is 13.9. The second-order valence-electron chi connectivity index (χ2n) is 11.0. The number of Topliss-reactive ketones (excluding diaryl/α,β-unsaturated/α-hetero) is 1. The van der Waals surface area contributed by atoms with E-state index in [1.165, 1.54) is 20.3 Å². The van der Waals surface area contributed by atoms with Crippen LogP contribution in [0.25, 0.3) is 0 Å². The number of ketones is 2. The molecule has 0 bridgehead atoms. The molecule has 6 rings (SSSR count). The van der Waals surface area contributed by atoms with Crippen molar-refractivity contribution < 1.29 is 38.1 Å². The fraction of sp³-hybridized carbons (Fsp3) is 0.438. The molecule has 0 unspecified atom stereocenters. The summed E-state index contributed by atoms with van der Waals surface area (Å²) in [6.07, 6.45) is 6.19. The lowest BCUT2D eigenvalue weighted by molar-refractivity contribution is -0.153. The minimum absolute atomic E-state index is 0.0417. The molecule has 42 heavy (non-hydrogen) atoms. The Balaban J connectivity index is 0.000000168. The van der Waals surface area contributed by atoms with Crippen molar-refractivity contribution >= 4 is 55.4 Å². The van der Waals surface area contributed by atoms with Gasteiger partial charge in [-0.3, -0.25) is 19.2 Å². The number of hydrogen-bond acceptors (Lipinski definition) is 8. The zero-order valence-electron chi connectivity index (χ0n) is 23.5. The number of carbonyl (C=O) groups is 4. The number of ether oxygens (including phenoxy) is 4. The molecule has 0 spiro atoms. The van der Waals surface area contributed by atoms with Gasteiger partial charge in [-0.2, -0.15) is 0 Å². The Bertz CT molecular complexity index is 1450. The highest BCUT2D eigenvalue weighted by atomic mass is 79.9. The van der Waals surface area contributed by atoms with Crippen LogP contribution >= 0.6 is 31.9 Å². The van der Waals surface area contributed by atoms with Crippen LogP contribution in [-0.4, -0.2) is 50.9 Å². The van der Waals surface area contributed by atoms with Crippen LogP contribution in [0.5, 0.6) is 11.5 Å². The fourth-order valence-electron chi connectivity index (χ4n) is 6.90. The minimum Gasteiger partial charge on any atom is -0.493 e. The summed E-state index contributed by atoms with van der Waals surface area (Å²) in [5, 5.41) is 0. The fourth-order valence-corrected chi connectivity index (χ4v) is 7.58. The summed E-state index contributed by atoms with van der Waals surface area (Å²) in [6, 6.07) is 11.3. The standard InChI is InChI=1S/C16H17BrO4.C16H15BrO4/c2*1-20-15(19)16-6-4-12(18)8-10(16)5-7-21-14-9-11(17)2-3-13(14)16/h2-3,9-10H,4-8H2,1H3;2-4,6,9-10H,5,7-8H2,1H3/t2*10-,16-/m00/s1. The Morgan fingerprint density at radius 3 is 2.07 bits per heavy atom. The van der Waals surface area contributed by atoms with E-state index < -0.39 is 10.8 Å². The molecule has 1 fully saturated rings. The van der Waals surface area contributed by atoms with Crippen molar-refractivity contribution in [2.24, 2.45) is 11.8 Å². The van der Waals surface area contributed by atoms with Gasteiger partial charge >= 0.3 is 11.9 Å². The summed E-state index contributed by atoms with van der Waals surface area (Å²) in [6.45, 7) is 0.994. The van der Waals surface area contributed by atoms with Gasteiger partial charge in [-0.25, -0.2) is 0 Å². The van der Waals surface area contributed by atoms with Gasteiger partial charge in [0.25, 0.3) is 0 Å². The first-order chi connectivity index (χ1) is 20.1. The predicted molar refractivity (Wildman–Crippen MR) is 160 cm³/mol. The Morgan fingerprint density at radius 1 is 0.833 bits per heavy atom. The third-order valence-electron chi connectivity index (χ3n) is 8.93. The van der Waals surface area contributed by atoms with Crippen molar-refractivity contribution in [2.75, 3.05) is 27.4 Å². The van der Waals surface area contributed by atoms with E-state index in [0.29, 0.717) is 63.2 Å². The lowest BCUT2D eigenvalue weighted by Crippen LogP contribution is -2.47. The molecule has 0 saturated heterocycles. The van der Waals surface area contributed by atoms with E-state index in [9.17, 15) is 19.2 Å². The number of halogens is 2. The lowest BCUT2D eigenvalue weighted by atomic mass is 9.61. The van der Waals surface area contributed by atoms with Crippen LogP contribution in [0.1, 0.15) is 49.7 Å². The van der Waals surface area contributed by atoms with Crippen LogP contribution in [0.2, 0.25) is 0 Å². The van der Waals surface area contributed by atoms with E-state index in [-0.39, 0.29) is 35.3 Å². The number of fused-ring (bicyclic) bond motifs is 6. The number of hydrogen-bond donors (Lipinski definition) is 0. The third kappa shape index (κ3) is 5.32. The molecule has 2 aromatic carbocycles. The molecule has 222 valence electrons. The number of esters is 2. The van der Waals surface area contributed by atoms with Crippen LogP contribution < -0.4 is 9.47 Å². The van der Waals surface area contributed by atoms with Crippen LogP contribution in [0.4, 0.5) is 0 Å². The lowest BCUT2D eigenvalue weighted by Gasteiger charge is -2.40. The third-order valence-corrected chi connectivity index (χ3v) is 9.91. The van der Waals surface area contributed by atoms with Crippen molar-refractivity contribution in [3.63, 3.8) is 0 Å². The molecule has 10 heteroatoms. The number of benzene rings is 2. The number of methoxy groups -OCH3 is 2. The maximum Gasteiger partial charge on any atom is 0.320 e. The molecule has 4 aliphatic rings. The van der Waals surface area contributed by atoms with E-state index in [2.05, 4.69) is 31.9 Å². The highest BCUT2D eigenvalue weighted by Crippen LogP contribution is 2.51. The van der Waals surface area contributed by atoms with Crippen molar-refractivity contribution in [2.45, 2.75) is 49.4 Å². The van der Waals surface area contributed by atoms with E-state index in [1.54, 1.807) is 6.08 Å². The quantitative estimate of drug-likeness (QED) is 0.362. The first kappa shape index (κ1) is 30.5. The highest BCUT2D eigenvalue weighted by molar-refractivity contribution is 9.10. The molecule has 0 amide bonds. The van der Waals surface area contributed by atoms with E-state index in [0.717, 1.165) is 20.1 Å². The molecule has 1 saturated carbocycles. The summed E-state index contributed by atoms with van der Waals surface area (Å²) in [5.74, 6) is 0.862. The van der Waals surface area contributed by atoms with Crippen molar-refractivity contribution in [1.82, 2.24) is 0 Å². The van der Waals surface area contributed by atoms with Gasteiger partial charge in [0.2, 0.25) is 0 Å². The Kier molecular flexibility index (Phi) is 8.94. The van der Waals surface area contributed by atoms with Crippen molar-refractivity contribution in [3.05, 3.63) is 68.6 Å². The van der Waals surface area contributed by atoms with Gasteiger partial charge in [-0.15, -0.1) is 0 Å². The summed E-state index contributed by atoms with van der Waals surface area (Å²) >= 11 is 6.85. The smallest absolute Gasteiger partial charge is 0.320 e. The Labute approximate surface area is 261 Å². The molecular formula is C32H32Br2O8. The molecule has 2 aromatic rings. The summed E-state index contributed by atoms with van der Waals surface area (Å²) in [5.41, 5.74) is -0.0685. The highest BCUT2D eigenvalue weighted by Gasteiger charge is 2.54. The van der Waals surface area contributed by atoms with Gasteiger partial charge in [0.15, 0.2) is 5.78 Å². The molecule has 4 atom stereocenters. The largest absolute Gasteiger partial charge is 0.493 e. The average Bonchev–Trinajstić information content (AvgIpc) is 3.24. The maximum absolute atomic E-state index is 12.6. The molecule has 0 radical (unpaired) electrons. The van der Waals surface area contributed by atoms with Crippen LogP contribution in [0, 0.1) is 11.8 Å². The number of allylic oxidation sites excluding steroid dienone is 1. The molecular weight excluding hydrogens is 672 g/mol. The van der Waals surface area contributed by atoms with Crippen LogP contribution in [-0.2, 0) is 39.5 Å². The van der Waals surface area contributed by atoms with Crippen molar-refractivity contribution in [1.29, 1.82) is 0 Å². The zero-order chi connectivity index (χ0) is 30.1. The van der Waals surface area contributed by atoms with E-state index in [4.69, 9.17) is 18.9 Å². The summed E-state index contributed by atoms with van der Waals surface area (Å²) < 4.78 is 23.6. The Morgan fingerprint density at radius 2 is 1.43 bits per heavy atom. The van der Waals surface area contributed by atoms with Crippen molar-refractivity contribution in [3.8, 4) is 11.5 Å². The second-order valence-corrected chi connectivity index (χ2v) is 12.9. The Hall–Kier alpha value is -2.98. The van der Waals surface area contributed by atoms with Gasteiger partial charge in [0.05, 0.1) is 27.4 Å². The topological polar surface area (TPSA) is 105 Å². The first-order valence-corrected chi connectivity index (χ1v) is 15.5. The second kappa shape index (κ2) is 12.3. The van der Waals surface area contributed by atoms with E-state index in [1.807, 2.05) is 36.4 Å². The minimum atomic E-state index is -0.935. The van der Waals surface area contributed by atoms with Gasteiger partial charge < -0.3 is 18.9 Å². The van der Waals surface area contributed by atoms with Gasteiger partial charge in [-0.1, -0.05) is 50.1 Å². The molecule has 2 heterocycles. The molecule has 2 aliphatic carbocycles. The molecule has 0 aromatic heterocycles. The number of carbonyl (C=O) groups excluding carboxylic acids is 4. The average molecular weight is 704 g/mol. The number of rotatable bonds is 2. The zero-order valence-corrected chi connectivity index (χ0v) is 26.6. The summed E-state index contributed by atoms with van der Waals surface area (Å²) in [4.78, 5) is 48.8.